The SMILES string of the molecule is CS(=O)CC(=O)c1[nH]c2cc(Br)c(Cl)cc2c1-c1ccccn1. The van der Waals surface area contributed by atoms with Crippen LogP contribution in [0.25, 0.3) is 22.2 Å². The van der Waals surface area contributed by atoms with E-state index in [1.807, 2.05) is 24.3 Å². The number of Topliss-reactive ketones (excluding diaryl/α,β-unsaturated/α-hetero) is 1. The minimum absolute atomic E-state index is 0.0401. The van der Waals surface area contributed by atoms with E-state index in [0.29, 0.717) is 22.0 Å². The van der Waals surface area contributed by atoms with Crippen molar-refractivity contribution < 1.29 is 9.00 Å². The smallest absolute Gasteiger partial charge is 0.192 e. The van der Waals surface area contributed by atoms with Gasteiger partial charge in [-0.15, -0.1) is 0 Å². The minimum atomic E-state index is -1.22. The van der Waals surface area contributed by atoms with Crippen LogP contribution < -0.4 is 0 Å². The molecule has 2 aromatic heterocycles. The Bertz CT molecular complexity index is 925. The second-order valence-corrected chi connectivity index (χ2v) is 7.74. The average Bonchev–Trinajstić information content (AvgIpc) is 2.86. The number of fused-ring (bicyclic) bond motifs is 1. The lowest BCUT2D eigenvalue weighted by molar-refractivity contribution is 0.101. The number of hydrogen-bond acceptors (Lipinski definition) is 3. The van der Waals surface area contributed by atoms with Crippen LogP contribution in [0.2, 0.25) is 5.02 Å². The third kappa shape index (κ3) is 3.24. The maximum Gasteiger partial charge on any atom is 0.192 e. The summed E-state index contributed by atoms with van der Waals surface area (Å²) in [5.41, 5.74) is 2.53. The highest BCUT2D eigenvalue weighted by Crippen LogP contribution is 2.36. The van der Waals surface area contributed by atoms with Crippen molar-refractivity contribution in [2.45, 2.75) is 0 Å². The van der Waals surface area contributed by atoms with Gasteiger partial charge in [0, 0.05) is 44.2 Å². The fourth-order valence-corrected chi connectivity index (χ4v) is 3.45. The van der Waals surface area contributed by atoms with E-state index < -0.39 is 10.8 Å². The van der Waals surface area contributed by atoms with Crippen molar-refractivity contribution in [3.05, 3.63) is 51.7 Å². The molecule has 0 bridgehead atoms. The Labute approximate surface area is 148 Å². The zero-order valence-corrected chi connectivity index (χ0v) is 15.3. The molecule has 0 spiro atoms. The topological polar surface area (TPSA) is 62.8 Å². The van der Waals surface area contributed by atoms with Gasteiger partial charge in [-0.05, 0) is 40.2 Å². The van der Waals surface area contributed by atoms with Gasteiger partial charge in [0.05, 0.1) is 22.2 Å². The molecule has 0 fully saturated rings. The predicted molar refractivity (Wildman–Crippen MR) is 97.5 cm³/mol. The molecular weight excluding hydrogens is 400 g/mol. The number of carbonyl (C=O) groups is 1. The standard InChI is InChI=1S/C16H12BrClN2O2S/c1-23(22)8-14(21)16-15(12-4-2-3-5-19-12)9-6-11(18)10(17)7-13(9)20-16/h2-7,20H,8H2,1H3. The van der Waals surface area contributed by atoms with Crippen LogP contribution in [0.15, 0.2) is 41.0 Å². The second kappa shape index (κ2) is 6.55. The number of aromatic nitrogens is 2. The first-order chi connectivity index (χ1) is 11.0. The molecule has 0 aliphatic heterocycles. The minimum Gasteiger partial charge on any atom is -0.351 e. The Morgan fingerprint density at radius 2 is 2.17 bits per heavy atom. The van der Waals surface area contributed by atoms with Crippen LogP contribution in [0, 0.1) is 0 Å². The molecule has 0 radical (unpaired) electrons. The number of benzene rings is 1. The largest absolute Gasteiger partial charge is 0.351 e. The van der Waals surface area contributed by atoms with Gasteiger partial charge in [-0.1, -0.05) is 17.7 Å². The number of aromatic amines is 1. The first kappa shape index (κ1) is 16.4. The van der Waals surface area contributed by atoms with Crippen molar-refractivity contribution in [3.63, 3.8) is 0 Å². The summed E-state index contributed by atoms with van der Waals surface area (Å²) in [5, 5.41) is 1.36. The quantitative estimate of drug-likeness (QED) is 0.654. The van der Waals surface area contributed by atoms with Gasteiger partial charge in [0.15, 0.2) is 5.78 Å². The lowest BCUT2D eigenvalue weighted by Gasteiger charge is -2.03. The Kier molecular flexibility index (Phi) is 4.66. The van der Waals surface area contributed by atoms with Gasteiger partial charge in [0.1, 0.15) is 0 Å². The monoisotopic (exact) mass is 410 g/mol. The molecule has 1 atom stereocenters. The Hall–Kier alpha value is -1.50. The molecular formula is C16H12BrClN2O2S. The molecule has 1 aromatic carbocycles. The van der Waals surface area contributed by atoms with Crippen LogP contribution in [-0.2, 0) is 10.8 Å². The van der Waals surface area contributed by atoms with Crippen LogP contribution in [-0.4, -0.2) is 32.0 Å². The molecule has 1 unspecified atom stereocenters. The van der Waals surface area contributed by atoms with Crippen molar-refractivity contribution in [1.82, 2.24) is 9.97 Å². The summed E-state index contributed by atoms with van der Waals surface area (Å²) in [5.74, 6) is -0.253. The van der Waals surface area contributed by atoms with Gasteiger partial charge in [-0.25, -0.2) is 0 Å². The van der Waals surface area contributed by atoms with Gasteiger partial charge < -0.3 is 4.98 Å². The first-order valence-electron chi connectivity index (χ1n) is 6.72. The molecule has 0 aliphatic rings. The molecule has 0 saturated heterocycles. The van der Waals surface area contributed by atoms with Crippen LogP contribution in [0.1, 0.15) is 10.5 Å². The molecule has 0 amide bonds. The molecule has 0 aliphatic carbocycles. The fraction of sp³-hybridized carbons (Fsp3) is 0.125. The number of ketones is 1. The highest BCUT2D eigenvalue weighted by molar-refractivity contribution is 9.10. The van der Waals surface area contributed by atoms with Gasteiger partial charge in [0.2, 0.25) is 0 Å². The number of pyridine rings is 1. The van der Waals surface area contributed by atoms with E-state index >= 15 is 0 Å². The first-order valence-corrected chi connectivity index (χ1v) is 9.62. The van der Waals surface area contributed by atoms with Crippen LogP contribution in [0.3, 0.4) is 0 Å². The van der Waals surface area contributed by atoms with Crippen LogP contribution >= 0.6 is 27.5 Å². The Morgan fingerprint density at radius 1 is 1.39 bits per heavy atom. The number of nitrogens with zero attached hydrogens (tertiary/aromatic N) is 1. The lowest BCUT2D eigenvalue weighted by Crippen LogP contribution is -2.11. The average molecular weight is 412 g/mol. The van der Waals surface area contributed by atoms with Crippen molar-refractivity contribution in [2.24, 2.45) is 0 Å². The number of rotatable bonds is 4. The zero-order valence-electron chi connectivity index (χ0n) is 12.1. The number of hydrogen-bond donors (Lipinski definition) is 1. The molecule has 4 nitrogen and oxygen atoms in total. The van der Waals surface area contributed by atoms with E-state index in [9.17, 15) is 9.00 Å². The maximum absolute atomic E-state index is 12.5. The van der Waals surface area contributed by atoms with E-state index in [4.69, 9.17) is 11.6 Å². The molecule has 118 valence electrons. The summed E-state index contributed by atoms with van der Waals surface area (Å²) in [6.45, 7) is 0. The third-order valence-corrected chi connectivity index (χ3v) is 5.24. The van der Waals surface area contributed by atoms with Gasteiger partial charge in [-0.3, -0.25) is 14.0 Å². The van der Waals surface area contributed by atoms with E-state index in [2.05, 4.69) is 25.9 Å². The van der Waals surface area contributed by atoms with Crippen molar-refractivity contribution >= 4 is 55.0 Å². The van der Waals surface area contributed by atoms with Gasteiger partial charge in [0.25, 0.3) is 0 Å². The van der Waals surface area contributed by atoms with Crippen molar-refractivity contribution in [2.75, 3.05) is 12.0 Å². The number of H-pyrrole nitrogens is 1. The van der Waals surface area contributed by atoms with Gasteiger partial charge in [-0.2, -0.15) is 0 Å². The van der Waals surface area contributed by atoms with E-state index in [1.165, 1.54) is 6.26 Å². The molecule has 2 heterocycles. The van der Waals surface area contributed by atoms with Crippen molar-refractivity contribution in [1.29, 1.82) is 0 Å². The molecule has 1 N–H and O–H groups in total. The summed E-state index contributed by atoms with van der Waals surface area (Å²) < 4.78 is 12.2. The van der Waals surface area contributed by atoms with Crippen molar-refractivity contribution in [3.8, 4) is 11.3 Å². The Morgan fingerprint density at radius 3 is 2.83 bits per heavy atom. The third-order valence-electron chi connectivity index (χ3n) is 3.37. The number of nitrogens with one attached hydrogen (secondary N) is 1. The molecule has 3 rings (SSSR count). The van der Waals surface area contributed by atoms with Crippen LogP contribution in [0.5, 0.6) is 0 Å². The normalized spacial score (nSPS) is 12.5. The number of carbonyl (C=O) groups excluding carboxylic acids is 1. The predicted octanol–water partition coefficient (Wildman–Crippen LogP) is 4.21. The highest BCUT2D eigenvalue weighted by Gasteiger charge is 2.21. The van der Waals surface area contributed by atoms with Crippen LogP contribution in [0.4, 0.5) is 0 Å². The fourth-order valence-electron chi connectivity index (χ4n) is 2.43. The summed E-state index contributed by atoms with van der Waals surface area (Å²) in [6.07, 6.45) is 3.18. The maximum atomic E-state index is 12.5. The summed E-state index contributed by atoms with van der Waals surface area (Å²) in [7, 11) is -1.22. The zero-order chi connectivity index (χ0) is 16.6. The van der Waals surface area contributed by atoms with E-state index in [1.54, 1.807) is 12.3 Å². The summed E-state index contributed by atoms with van der Waals surface area (Å²) >= 11 is 9.59. The lowest BCUT2D eigenvalue weighted by atomic mass is 10.1. The molecule has 23 heavy (non-hydrogen) atoms. The molecule has 7 heteroatoms. The molecule has 3 aromatic rings. The highest BCUT2D eigenvalue weighted by atomic mass is 79.9. The number of halogens is 2. The van der Waals surface area contributed by atoms with Gasteiger partial charge >= 0.3 is 0 Å². The van der Waals surface area contributed by atoms with E-state index in [-0.39, 0.29) is 11.5 Å². The second-order valence-electron chi connectivity index (χ2n) is 5.04. The summed E-state index contributed by atoms with van der Waals surface area (Å²) in [6, 6.07) is 9.11. The van der Waals surface area contributed by atoms with E-state index in [0.717, 1.165) is 15.4 Å². The Balaban J connectivity index is 2.30. The molecule has 0 saturated carbocycles. The summed E-state index contributed by atoms with van der Waals surface area (Å²) in [4.78, 5) is 20.0.